The van der Waals surface area contributed by atoms with Gasteiger partial charge in [-0.1, -0.05) is 25.1 Å². The molecular weight excluding hydrogens is 272 g/mol. The van der Waals surface area contributed by atoms with E-state index < -0.39 is 10.0 Å². The van der Waals surface area contributed by atoms with Gasteiger partial charge in [-0.05, 0) is 50.4 Å². The van der Waals surface area contributed by atoms with E-state index in [0.717, 1.165) is 32.0 Å². The molecule has 0 saturated carbocycles. The Bertz CT molecular complexity index is 502. The number of piperidine rings is 1. The van der Waals surface area contributed by atoms with Crippen LogP contribution in [0.15, 0.2) is 35.2 Å². The van der Waals surface area contributed by atoms with Crippen LogP contribution in [0.4, 0.5) is 0 Å². The number of nitrogens with one attached hydrogen (secondary N) is 1. The number of nitrogens with zero attached hydrogens (tertiary/aromatic N) is 1. The van der Waals surface area contributed by atoms with E-state index in [1.165, 1.54) is 12.8 Å². The molecule has 0 unspecified atom stereocenters. The Kier molecular flexibility index (Phi) is 5.57. The lowest BCUT2D eigenvalue weighted by molar-refractivity contribution is 0.182. The molecule has 0 aromatic heterocycles. The average molecular weight is 296 g/mol. The molecule has 0 amide bonds. The molecular formula is C15H24N2O2S. The molecule has 1 fully saturated rings. The Morgan fingerprint density at radius 1 is 1.30 bits per heavy atom. The van der Waals surface area contributed by atoms with E-state index in [-0.39, 0.29) is 0 Å². The Morgan fingerprint density at radius 3 is 2.75 bits per heavy atom. The lowest BCUT2D eigenvalue weighted by Gasteiger charge is -2.30. The second-order valence-electron chi connectivity index (χ2n) is 5.61. The monoisotopic (exact) mass is 296 g/mol. The molecule has 5 heteroatoms. The number of likely N-dealkylation sites (tertiary alicyclic amines) is 1. The minimum absolute atomic E-state index is 0.339. The fourth-order valence-electron chi connectivity index (χ4n) is 2.68. The van der Waals surface area contributed by atoms with Gasteiger partial charge in [0.2, 0.25) is 10.0 Å². The maximum Gasteiger partial charge on any atom is 0.240 e. The Labute approximate surface area is 122 Å². The summed E-state index contributed by atoms with van der Waals surface area (Å²) in [5, 5.41) is 0. The van der Waals surface area contributed by atoms with E-state index in [9.17, 15) is 8.42 Å². The van der Waals surface area contributed by atoms with Crippen molar-refractivity contribution >= 4 is 10.0 Å². The number of sulfonamides is 1. The van der Waals surface area contributed by atoms with Crippen LogP contribution in [-0.4, -0.2) is 39.5 Å². The number of hydrogen-bond acceptors (Lipinski definition) is 3. The second kappa shape index (κ2) is 7.20. The van der Waals surface area contributed by atoms with Crippen molar-refractivity contribution in [2.24, 2.45) is 5.92 Å². The Morgan fingerprint density at radius 2 is 2.05 bits per heavy atom. The van der Waals surface area contributed by atoms with Crippen molar-refractivity contribution in [2.75, 3.05) is 26.2 Å². The maximum atomic E-state index is 12.0. The first-order chi connectivity index (χ1) is 9.58. The van der Waals surface area contributed by atoms with E-state index in [0.29, 0.717) is 11.4 Å². The third-order valence-corrected chi connectivity index (χ3v) is 5.21. The van der Waals surface area contributed by atoms with Crippen molar-refractivity contribution < 1.29 is 8.42 Å². The molecule has 2 rings (SSSR count). The summed E-state index contributed by atoms with van der Waals surface area (Å²) in [6.45, 7) is 6.05. The zero-order valence-electron chi connectivity index (χ0n) is 12.1. The summed E-state index contributed by atoms with van der Waals surface area (Å²) >= 11 is 0. The third-order valence-electron chi connectivity index (χ3n) is 3.74. The number of hydrogen-bond donors (Lipinski definition) is 1. The fourth-order valence-corrected chi connectivity index (χ4v) is 3.78. The van der Waals surface area contributed by atoms with E-state index >= 15 is 0 Å². The molecule has 20 heavy (non-hydrogen) atoms. The normalized spacial score (nSPS) is 20.9. The summed E-state index contributed by atoms with van der Waals surface area (Å²) in [5.74, 6) is 0.768. The molecule has 1 atom stereocenters. The highest BCUT2D eigenvalue weighted by Crippen LogP contribution is 2.15. The number of rotatable bonds is 6. The summed E-state index contributed by atoms with van der Waals surface area (Å²) in [6.07, 6.45) is 3.44. The standard InChI is InChI=1S/C15H24N2O2S/c1-14-7-5-11-17(13-14)12-6-10-16-20(18,19)15-8-3-2-4-9-15/h2-4,8-9,14,16H,5-7,10-13H2,1H3/t14-/m1/s1. The van der Waals surface area contributed by atoms with E-state index in [1.807, 2.05) is 6.07 Å². The van der Waals surface area contributed by atoms with Gasteiger partial charge in [0.05, 0.1) is 4.90 Å². The highest BCUT2D eigenvalue weighted by Gasteiger charge is 2.16. The molecule has 1 N–H and O–H groups in total. The van der Waals surface area contributed by atoms with Gasteiger partial charge in [0.25, 0.3) is 0 Å². The Hall–Kier alpha value is -0.910. The summed E-state index contributed by atoms with van der Waals surface area (Å²) < 4.78 is 26.7. The highest BCUT2D eigenvalue weighted by molar-refractivity contribution is 7.89. The molecule has 0 spiro atoms. The van der Waals surface area contributed by atoms with Crippen LogP contribution < -0.4 is 4.72 Å². The molecule has 0 radical (unpaired) electrons. The van der Waals surface area contributed by atoms with Gasteiger partial charge in [-0.25, -0.2) is 13.1 Å². The molecule has 1 aromatic carbocycles. The predicted molar refractivity (Wildman–Crippen MR) is 81.1 cm³/mol. The van der Waals surface area contributed by atoms with Crippen molar-refractivity contribution in [3.8, 4) is 0 Å². The molecule has 112 valence electrons. The predicted octanol–water partition coefficient (Wildman–Crippen LogP) is 2.09. The van der Waals surface area contributed by atoms with Crippen LogP contribution in [0.1, 0.15) is 26.2 Å². The Balaban J connectivity index is 1.73. The highest BCUT2D eigenvalue weighted by atomic mass is 32.2. The smallest absolute Gasteiger partial charge is 0.240 e. The summed E-state index contributed by atoms with van der Waals surface area (Å²) in [6, 6.07) is 8.53. The van der Waals surface area contributed by atoms with Crippen LogP contribution in [0, 0.1) is 5.92 Å². The van der Waals surface area contributed by atoms with Crippen molar-refractivity contribution in [1.29, 1.82) is 0 Å². The minimum atomic E-state index is -3.34. The van der Waals surface area contributed by atoms with Crippen molar-refractivity contribution in [1.82, 2.24) is 9.62 Å². The van der Waals surface area contributed by atoms with Crippen LogP contribution in [0.3, 0.4) is 0 Å². The zero-order valence-corrected chi connectivity index (χ0v) is 12.9. The zero-order chi connectivity index (χ0) is 14.4. The third kappa shape index (κ3) is 4.58. The van der Waals surface area contributed by atoms with Gasteiger partial charge in [0.15, 0.2) is 0 Å². The molecule has 4 nitrogen and oxygen atoms in total. The molecule has 1 aromatic rings. The van der Waals surface area contributed by atoms with Gasteiger partial charge < -0.3 is 4.90 Å². The van der Waals surface area contributed by atoms with E-state index in [1.54, 1.807) is 24.3 Å². The first-order valence-corrected chi connectivity index (χ1v) is 8.83. The SMILES string of the molecule is C[C@@H]1CCCN(CCCNS(=O)(=O)c2ccccc2)C1. The number of benzene rings is 1. The van der Waals surface area contributed by atoms with Crippen LogP contribution in [0.2, 0.25) is 0 Å². The fraction of sp³-hybridized carbons (Fsp3) is 0.600. The van der Waals surface area contributed by atoms with Gasteiger partial charge in [-0.15, -0.1) is 0 Å². The molecule has 1 aliphatic rings. The summed E-state index contributed by atoms with van der Waals surface area (Å²) in [4.78, 5) is 2.77. The van der Waals surface area contributed by atoms with Crippen molar-refractivity contribution in [3.63, 3.8) is 0 Å². The van der Waals surface area contributed by atoms with Crippen molar-refractivity contribution in [2.45, 2.75) is 31.1 Å². The topological polar surface area (TPSA) is 49.4 Å². The second-order valence-corrected chi connectivity index (χ2v) is 7.38. The summed E-state index contributed by atoms with van der Waals surface area (Å²) in [7, 11) is -3.34. The van der Waals surface area contributed by atoms with Gasteiger partial charge in [0.1, 0.15) is 0 Å². The maximum absolute atomic E-state index is 12.0. The largest absolute Gasteiger partial charge is 0.303 e. The molecule has 1 saturated heterocycles. The van der Waals surface area contributed by atoms with Crippen molar-refractivity contribution in [3.05, 3.63) is 30.3 Å². The first-order valence-electron chi connectivity index (χ1n) is 7.35. The van der Waals surface area contributed by atoms with Crippen LogP contribution in [0.5, 0.6) is 0 Å². The molecule has 1 aliphatic heterocycles. The lowest BCUT2D eigenvalue weighted by atomic mass is 10.0. The first kappa shape index (κ1) is 15.5. The van der Waals surface area contributed by atoms with Crippen LogP contribution >= 0.6 is 0 Å². The van der Waals surface area contributed by atoms with E-state index in [2.05, 4.69) is 16.5 Å². The quantitative estimate of drug-likeness (QED) is 0.818. The minimum Gasteiger partial charge on any atom is -0.303 e. The molecule has 0 bridgehead atoms. The van der Waals surface area contributed by atoms with E-state index in [4.69, 9.17) is 0 Å². The molecule has 0 aliphatic carbocycles. The van der Waals surface area contributed by atoms with Gasteiger partial charge in [-0.2, -0.15) is 0 Å². The van der Waals surface area contributed by atoms with Crippen LogP contribution in [-0.2, 0) is 10.0 Å². The average Bonchev–Trinajstić information content (AvgIpc) is 2.45. The van der Waals surface area contributed by atoms with Gasteiger partial charge in [-0.3, -0.25) is 0 Å². The van der Waals surface area contributed by atoms with Crippen LogP contribution in [0.25, 0.3) is 0 Å². The van der Waals surface area contributed by atoms with Gasteiger partial charge in [0, 0.05) is 13.1 Å². The lowest BCUT2D eigenvalue weighted by Crippen LogP contribution is -2.36. The molecule has 1 heterocycles. The van der Waals surface area contributed by atoms with Gasteiger partial charge >= 0.3 is 0 Å². The summed E-state index contributed by atoms with van der Waals surface area (Å²) in [5.41, 5.74) is 0.